The Labute approximate surface area is 137 Å². The third-order valence-corrected chi connectivity index (χ3v) is 5.21. The van der Waals surface area contributed by atoms with Gasteiger partial charge in [-0.1, -0.05) is 30.1 Å². The Morgan fingerprint density at radius 3 is 2.57 bits per heavy atom. The topological polar surface area (TPSA) is 24.5 Å². The molecule has 0 saturated carbocycles. The van der Waals surface area contributed by atoms with Gasteiger partial charge >= 0.3 is 0 Å². The summed E-state index contributed by atoms with van der Waals surface area (Å²) in [6.45, 7) is 7.97. The quantitative estimate of drug-likeness (QED) is 0.889. The number of hydrogen-bond acceptors (Lipinski definition) is 3. The van der Waals surface area contributed by atoms with Gasteiger partial charge < -0.3 is 10.1 Å². The molecule has 2 rings (SSSR count). The first kappa shape index (κ1) is 17.0. The highest BCUT2D eigenvalue weighted by molar-refractivity contribution is 6.33. The van der Waals surface area contributed by atoms with Crippen LogP contribution in [0.2, 0.25) is 10.0 Å². The van der Waals surface area contributed by atoms with Crippen molar-refractivity contribution in [2.24, 2.45) is 0 Å². The molecule has 118 valence electrons. The van der Waals surface area contributed by atoms with Gasteiger partial charge in [-0.25, -0.2) is 0 Å². The van der Waals surface area contributed by atoms with Crippen molar-refractivity contribution in [3.05, 3.63) is 33.8 Å². The lowest BCUT2D eigenvalue weighted by Crippen LogP contribution is -2.57. The Kier molecular flexibility index (Phi) is 5.92. The molecule has 1 aliphatic rings. The van der Waals surface area contributed by atoms with Gasteiger partial charge in [0.15, 0.2) is 0 Å². The van der Waals surface area contributed by atoms with Gasteiger partial charge in [0.25, 0.3) is 0 Å². The summed E-state index contributed by atoms with van der Waals surface area (Å²) >= 11 is 12.6. The lowest BCUT2D eigenvalue weighted by atomic mass is 9.82. The number of halogens is 2. The maximum atomic E-state index is 6.43. The zero-order chi connectivity index (χ0) is 15.5. The maximum absolute atomic E-state index is 6.43. The van der Waals surface area contributed by atoms with Gasteiger partial charge in [-0.2, -0.15) is 0 Å². The Morgan fingerprint density at radius 1 is 1.33 bits per heavy atom. The van der Waals surface area contributed by atoms with Crippen LogP contribution in [0.3, 0.4) is 0 Å². The summed E-state index contributed by atoms with van der Waals surface area (Å²) in [6.07, 6.45) is 1.02. The van der Waals surface area contributed by atoms with E-state index in [0.29, 0.717) is 0 Å². The smallest absolute Gasteiger partial charge is 0.0594 e. The molecule has 0 aromatic heterocycles. The molecule has 2 unspecified atom stereocenters. The summed E-state index contributed by atoms with van der Waals surface area (Å²) in [5.41, 5.74) is 1.02. The molecular formula is C16H24Cl2N2O. The monoisotopic (exact) mass is 330 g/mol. The van der Waals surface area contributed by atoms with Crippen LogP contribution in [-0.2, 0) is 4.74 Å². The summed E-state index contributed by atoms with van der Waals surface area (Å²) in [6, 6.07) is 5.79. The average molecular weight is 331 g/mol. The van der Waals surface area contributed by atoms with E-state index in [1.165, 1.54) is 0 Å². The summed E-state index contributed by atoms with van der Waals surface area (Å²) < 4.78 is 5.49. The minimum atomic E-state index is -0.0349. The number of hydrogen-bond donors (Lipinski definition) is 1. The summed E-state index contributed by atoms with van der Waals surface area (Å²) in [5.74, 6) is 0. The van der Waals surface area contributed by atoms with E-state index in [1.54, 1.807) is 0 Å². The van der Waals surface area contributed by atoms with Gasteiger partial charge in [-0.05, 0) is 44.2 Å². The van der Waals surface area contributed by atoms with E-state index in [4.69, 9.17) is 27.9 Å². The molecular weight excluding hydrogens is 307 g/mol. The summed E-state index contributed by atoms with van der Waals surface area (Å²) in [7, 11) is 1.98. The minimum Gasteiger partial charge on any atom is -0.379 e. The fourth-order valence-electron chi connectivity index (χ4n) is 3.22. The fourth-order valence-corrected chi connectivity index (χ4v) is 3.63. The molecule has 1 saturated heterocycles. The Bertz CT molecular complexity index is 477. The average Bonchev–Trinajstić information content (AvgIpc) is 2.52. The second-order valence-corrected chi connectivity index (χ2v) is 6.54. The van der Waals surface area contributed by atoms with Gasteiger partial charge in [0.1, 0.15) is 0 Å². The number of rotatable bonds is 5. The number of nitrogens with one attached hydrogen (secondary N) is 1. The second kappa shape index (κ2) is 7.30. The molecule has 1 aromatic carbocycles. The van der Waals surface area contributed by atoms with Gasteiger partial charge in [-0.3, -0.25) is 4.90 Å². The first-order chi connectivity index (χ1) is 10.0. The van der Waals surface area contributed by atoms with Gasteiger partial charge in [-0.15, -0.1) is 0 Å². The first-order valence-corrected chi connectivity index (χ1v) is 8.23. The Morgan fingerprint density at radius 2 is 2.00 bits per heavy atom. The van der Waals surface area contributed by atoms with Crippen molar-refractivity contribution >= 4 is 23.2 Å². The molecule has 1 N–H and O–H groups in total. The highest BCUT2D eigenvalue weighted by Crippen LogP contribution is 2.38. The number of benzene rings is 1. The van der Waals surface area contributed by atoms with Crippen molar-refractivity contribution in [2.45, 2.75) is 31.8 Å². The number of likely N-dealkylation sites (N-methyl/N-ethyl adjacent to an activating group) is 1. The van der Waals surface area contributed by atoms with Gasteiger partial charge in [0, 0.05) is 28.7 Å². The van der Waals surface area contributed by atoms with Gasteiger partial charge in [0.2, 0.25) is 0 Å². The third kappa shape index (κ3) is 3.54. The zero-order valence-electron chi connectivity index (χ0n) is 13.0. The summed E-state index contributed by atoms with van der Waals surface area (Å²) in [5, 5.41) is 4.92. The van der Waals surface area contributed by atoms with Gasteiger partial charge in [0.05, 0.1) is 19.3 Å². The van der Waals surface area contributed by atoms with Crippen molar-refractivity contribution in [3.8, 4) is 0 Å². The molecule has 3 nitrogen and oxygen atoms in total. The van der Waals surface area contributed by atoms with E-state index in [9.17, 15) is 0 Å². The van der Waals surface area contributed by atoms with Crippen molar-refractivity contribution in [1.82, 2.24) is 10.2 Å². The zero-order valence-corrected chi connectivity index (χ0v) is 14.5. The Hall–Kier alpha value is -0.320. The van der Waals surface area contributed by atoms with Crippen LogP contribution in [0, 0.1) is 0 Å². The van der Waals surface area contributed by atoms with Crippen LogP contribution in [0.5, 0.6) is 0 Å². The predicted molar refractivity (Wildman–Crippen MR) is 89.4 cm³/mol. The molecule has 1 aromatic rings. The lowest BCUT2D eigenvalue weighted by Gasteiger charge is -2.48. The van der Waals surface area contributed by atoms with Crippen LogP contribution < -0.4 is 5.32 Å². The van der Waals surface area contributed by atoms with E-state index in [1.807, 2.05) is 25.2 Å². The minimum absolute atomic E-state index is 0.0349. The fraction of sp³-hybridized carbons (Fsp3) is 0.625. The lowest BCUT2D eigenvalue weighted by molar-refractivity contribution is -0.0319. The SMILES string of the molecule is CCC(C)(C(NC)c1cc(Cl)ccc1Cl)N1CCOCC1. The second-order valence-electron chi connectivity index (χ2n) is 5.70. The molecule has 0 radical (unpaired) electrons. The highest BCUT2D eigenvalue weighted by atomic mass is 35.5. The molecule has 0 spiro atoms. The number of morpholine rings is 1. The van der Waals surface area contributed by atoms with Crippen LogP contribution >= 0.6 is 23.2 Å². The van der Waals surface area contributed by atoms with E-state index < -0.39 is 0 Å². The van der Waals surface area contributed by atoms with Crippen molar-refractivity contribution in [3.63, 3.8) is 0 Å². The molecule has 2 atom stereocenters. The molecule has 0 bridgehead atoms. The molecule has 1 fully saturated rings. The van der Waals surface area contributed by atoms with Crippen LogP contribution in [0.15, 0.2) is 18.2 Å². The van der Waals surface area contributed by atoms with E-state index in [-0.39, 0.29) is 11.6 Å². The first-order valence-electron chi connectivity index (χ1n) is 7.48. The number of nitrogens with zero attached hydrogens (tertiary/aromatic N) is 1. The van der Waals surface area contributed by atoms with Crippen LogP contribution in [0.25, 0.3) is 0 Å². The van der Waals surface area contributed by atoms with E-state index in [2.05, 4.69) is 24.1 Å². The number of ether oxygens (including phenoxy) is 1. The molecule has 0 aliphatic carbocycles. The molecule has 1 heterocycles. The van der Waals surface area contributed by atoms with E-state index >= 15 is 0 Å². The van der Waals surface area contributed by atoms with E-state index in [0.717, 1.165) is 48.3 Å². The molecule has 1 aliphatic heterocycles. The normalized spacial score (nSPS) is 21.0. The van der Waals surface area contributed by atoms with Crippen molar-refractivity contribution in [1.29, 1.82) is 0 Å². The predicted octanol–water partition coefficient (Wildman–Crippen LogP) is 3.75. The largest absolute Gasteiger partial charge is 0.379 e. The Balaban J connectivity index is 2.38. The maximum Gasteiger partial charge on any atom is 0.0594 e. The highest BCUT2D eigenvalue weighted by Gasteiger charge is 2.39. The van der Waals surface area contributed by atoms with Crippen LogP contribution in [0.1, 0.15) is 31.9 Å². The molecule has 0 amide bonds. The van der Waals surface area contributed by atoms with Crippen molar-refractivity contribution < 1.29 is 4.74 Å². The molecule has 21 heavy (non-hydrogen) atoms. The van der Waals surface area contributed by atoms with Crippen molar-refractivity contribution in [2.75, 3.05) is 33.4 Å². The third-order valence-electron chi connectivity index (χ3n) is 4.63. The van der Waals surface area contributed by atoms with Crippen LogP contribution in [-0.4, -0.2) is 43.8 Å². The summed E-state index contributed by atoms with van der Waals surface area (Å²) in [4.78, 5) is 2.49. The molecule has 5 heteroatoms. The van der Waals surface area contributed by atoms with Crippen LogP contribution in [0.4, 0.5) is 0 Å². The standard InChI is InChI=1S/C16H24Cl2N2O/c1-4-16(2,20-7-9-21-10-8-20)15(19-3)13-11-12(17)5-6-14(13)18/h5-6,11,15,19H,4,7-10H2,1-3H3.